The lowest BCUT2D eigenvalue weighted by Crippen LogP contribution is -2.37. The van der Waals surface area contributed by atoms with E-state index in [0.29, 0.717) is 22.9 Å². The van der Waals surface area contributed by atoms with E-state index in [9.17, 15) is 0 Å². The van der Waals surface area contributed by atoms with E-state index in [4.69, 9.17) is 11.6 Å². The number of hydrogen-bond donors (Lipinski definition) is 0. The molecule has 1 aliphatic carbocycles. The minimum absolute atomic E-state index is 0.479. The van der Waals surface area contributed by atoms with Crippen molar-refractivity contribution in [2.75, 3.05) is 11.4 Å². The molecule has 0 spiro atoms. The molecule has 0 N–H and O–H groups in total. The fourth-order valence-electron chi connectivity index (χ4n) is 3.01. The van der Waals surface area contributed by atoms with E-state index in [0.717, 1.165) is 12.4 Å². The molecule has 20 heavy (non-hydrogen) atoms. The highest BCUT2D eigenvalue weighted by Gasteiger charge is 2.26. The maximum atomic E-state index is 6.15. The van der Waals surface area contributed by atoms with Crippen molar-refractivity contribution >= 4 is 23.2 Å². The number of aromatic nitrogens is 4. The van der Waals surface area contributed by atoms with Gasteiger partial charge in [-0.2, -0.15) is 19.6 Å². The number of hydrogen-bond acceptors (Lipinski definition) is 4. The molecule has 0 radical (unpaired) electrons. The van der Waals surface area contributed by atoms with Gasteiger partial charge in [-0.3, -0.25) is 0 Å². The number of halogens is 1. The van der Waals surface area contributed by atoms with Gasteiger partial charge < -0.3 is 4.90 Å². The lowest BCUT2D eigenvalue weighted by atomic mass is 10.1. The summed E-state index contributed by atoms with van der Waals surface area (Å²) in [4.78, 5) is 10.8. The van der Waals surface area contributed by atoms with Gasteiger partial charge in [-0.05, 0) is 18.8 Å². The smallest absolute Gasteiger partial charge is 0.255 e. The average Bonchev–Trinajstić information content (AvgIpc) is 3.05. The molecule has 0 bridgehead atoms. The quantitative estimate of drug-likeness (QED) is 0.812. The molecule has 0 aromatic carbocycles. The fourth-order valence-corrected chi connectivity index (χ4v) is 3.19. The molecule has 0 atom stereocenters. The van der Waals surface area contributed by atoms with Gasteiger partial charge in [0.15, 0.2) is 0 Å². The van der Waals surface area contributed by atoms with Crippen molar-refractivity contribution in [2.45, 2.75) is 45.6 Å². The molecule has 0 aliphatic heterocycles. The zero-order valence-corrected chi connectivity index (χ0v) is 12.7. The van der Waals surface area contributed by atoms with Crippen molar-refractivity contribution in [1.29, 1.82) is 0 Å². The van der Waals surface area contributed by atoms with Gasteiger partial charge in [0.05, 0.1) is 0 Å². The molecule has 1 fully saturated rings. The van der Waals surface area contributed by atoms with Crippen LogP contribution in [0.3, 0.4) is 0 Å². The first-order valence-corrected chi connectivity index (χ1v) is 7.66. The summed E-state index contributed by atoms with van der Waals surface area (Å²) in [7, 11) is 0. The monoisotopic (exact) mass is 293 g/mol. The average molecular weight is 294 g/mol. The predicted octanol–water partition coefficient (Wildman–Crippen LogP) is 3.18. The molecule has 0 amide bonds. The SMILES string of the molecule is CC(C)CN(c1cc(Cl)nc2ncnn12)C1CCCC1. The van der Waals surface area contributed by atoms with Crippen molar-refractivity contribution in [3.05, 3.63) is 17.5 Å². The summed E-state index contributed by atoms with van der Waals surface area (Å²) in [5.41, 5.74) is 0. The maximum Gasteiger partial charge on any atom is 0.255 e. The largest absolute Gasteiger partial charge is 0.353 e. The Balaban J connectivity index is 2.05. The van der Waals surface area contributed by atoms with Gasteiger partial charge in [0.2, 0.25) is 0 Å². The van der Waals surface area contributed by atoms with Crippen LogP contribution in [0.5, 0.6) is 0 Å². The Morgan fingerprint density at radius 3 is 2.85 bits per heavy atom. The van der Waals surface area contributed by atoms with Gasteiger partial charge in [0.25, 0.3) is 5.78 Å². The van der Waals surface area contributed by atoms with Crippen LogP contribution in [0.2, 0.25) is 5.15 Å². The summed E-state index contributed by atoms with van der Waals surface area (Å²) in [6, 6.07) is 2.48. The Labute approximate surface area is 124 Å². The first-order valence-electron chi connectivity index (χ1n) is 7.28. The van der Waals surface area contributed by atoms with E-state index in [-0.39, 0.29) is 0 Å². The van der Waals surface area contributed by atoms with Gasteiger partial charge in [0.1, 0.15) is 17.3 Å². The highest BCUT2D eigenvalue weighted by Crippen LogP contribution is 2.30. The molecular weight excluding hydrogens is 274 g/mol. The molecule has 1 aliphatic rings. The second-order valence-electron chi connectivity index (χ2n) is 5.89. The summed E-state index contributed by atoms with van der Waals surface area (Å²) in [6.45, 7) is 5.48. The number of anilines is 1. The topological polar surface area (TPSA) is 46.3 Å². The zero-order chi connectivity index (χ0) is 14.1. The van der Waals surface area contributed by atoms with Crippen LogP contribution in [-0.2, 0) is 0 Å². The van der Waals surface area contributed by atoms with Crippen LogP contribution in [0, 0.1) is 5.92 Å². The Kier molecular flexibility index (Phi) is 3.78. The van der Waals surface area contributed by atoms with E-state index >= 15 is 0 Å². The summed E-state index contributed by atoms with van der Waals surface area (Å²) in [6.07, 6.45) is 6.62. The van der Waals surface area contributed by atoms with Crippen molar-refractivity contribution < 1.29 is 0 Å². The fraction of sp³-hybridized carbons (Fsp3) is 0.643. The first-order chi connectivity index (χ1) is 9.65. The van der Waals surface area contributed by atoms with E-state index in [1.54, 1.807) is 4.52 Å². The number of nitrogens with zero attached hydrogens (tertiary/aromatic N) is 5. The molecule has 2 aromatic heterocycles. The normalized spacial score (nSPS) is 16.4. The molecule has 6 heteroatoms. The third-order valence-corrected chi connectivity index (χ3v) is 4.02. The summed E-state index contributed by atoms with van der Waals surface area (Å²) in [5, 5.41) is 4.78. The van der Waals surface area contributed by atoms with E-state index in [1.807, 2.05) is 6.07 Å². The van der Waals surface area contributed by atoms with Crippen LogP contribution < -0.4 is 4.90 Å². The van der Waals surface area contributed by atoms with E-state index in [2.05, 4.69) is 33.8 Å². The highest BCUT2D eigenvalue weighted by molar-refractivity contribution is 6.29. The molecule has 1 saturated carbocycles. The first kappa shape index (κ1) is 13.6. The Hall–Kier alpha value is -1.36. The number of fused-ring (bicyclic) bond motifs is 1. The van der Waals surface area contributed by atoms with Crippen molar-refractivity contribution in [3.8, 4) is 0 Å². The minimum Gasteiger partial charge on any atom is -0.353 e. The van der Waals surface area contributed by atoms with Crippen LogP contribution in [0.15, 0.2) is 12.4 Å². The molecule has 108 valence electrons. The van der Waals surface area contributed by atoms with Crippen LogP contribution in [0.1, 0.15) is 39.5 Å². The van der Waals surface area contributed by atoms with Crippen LogP contribution in [0.25, 0.3) is 5.78 Å². The molecular formula is C14H20ClN5. The van der Waals surface area contributed by atoms with Gasteiger partial charge in [-0.15, -0.1) is 0 Å². The third kappa shape index (κ3) is 2.59. The van der Waals surface area contributed by atoms with Crippen LogP contribution in [-0.4, -0.2) is 32.2 Å². The summed E-state index contributed by atoms with van der Waals surface area (Å²) < 4.78 is 1.80. The molecule has 2 aromatic rings. The van der Waals surface area contributed by atoms with Crippen LogP contribution >= 0.6 is 11.6 Å². The number of rotatable bonds is 4. The second kappa shape index (κ2) is 5.56. The second-order valence-corrected chi connectivity index (χ2v) is 6.28. The highest BCUT2D eigenvalue weighted by atomic mass is 35.5. The Morgan fingerprint density at radius 2 is 2.15 bits per heavy atom. The minimum atomic E-state index is 0.479. The molecule has 0 saturated heterocycles. The van der Waals surface area contributed by atoms with Gasteiger partial charge in [-0.1, -0.05) is 38.3 Å². The lowest BCUT2D eigenvalue weighted by Gasteiger charge is -2.32. The molecule has 2 heterocycles. The molecule has 5 nitrogen and oxygen atoms in total. The molecule has 3 rings (SSSR count). The Bertz CT molecular complexity index is 588. The van der Waals surface area contributed by atoms with Crippen molar-refractivity contribution in [3.63, 3.8) is 0 Å². The Morgan fingerprint density at radius 1 is 1.40 bits per heavy atom. The van der Waals surface area contributed by atoms with Crippen molar-refractivity contribution in [2.24, 2.45) is 5.92 Å². The van der Waals surface area contributed by atoms with E-state index < -0.39 is 0 Å². The van der Waals surface area contributed by atoms with Gasteiger partial charge >= 0.3 is 0 Å². The maximum absolute atomic E-state index is 6.15. The lowest BCUT2D eigenvalue weighted by molar-refractivity contribution is 0.526. The summed E-state index contributed by atoms with van der Waals surface area (Å²) in [5.74, 6) is 2.17. The summed E-state index contributed by atoms with van der Waals surface area (Å²) >= 11 is 6.15. The van der Waals surface area contributed by atoms with Gasteiger partial charge in [0, 0.05) is 18.7 Å². The van der Waals surface area contributed by atoms with Crippen molar-refractivity contribution in [1.82, 2.24) is 19.6 Å². The molecule has 0 unspecified atom stereocenters. The zero-order valence-electron chi connectivity index (χ0n) is 12.0. The standard InChI is InChI=1S/C14H20ClN5/c1-10(2)8-19(11-5-3-4-6-11)13-7-12(15)18-14-16-9-17-20(13)14/h7,9-11H,3-6,8H2,1-2H3. The van der Waals surface area contributed by atoms with Crippen LogP contribution in [0.4, 0.5) is 5.82 Å². The predicted molar refractivity (Wildman–Crippen MR) is 80.2 cm³/mol. The van der Waals surface area contributed by atoms with E-state index in [1.165, 1.54) is 32.0 Å². The van der Waals surface area contributed by atoms with Gasteiger partial charge in [-0.25, -0.2) is 0 Å². The third-order valence-electron chi connectivity index (χ3n) is 3.82.